The highest BCUT2D eigenvalue weighted by molar-refractivity contribution is 9.10. The molecule has 0 radical (unpaired) electrons. The fourth-order valence-corrected chi connectivity index (χ4v) is 2.87. The third kappa shape index (κ3) is 6.50. The minimum Gasteiger partial charge on any atom is -0.480 e. The van der Waals surface area contributed by atoms with Crippen LogP contribution >= 0.6 is 27.7 Å². The number of methoxy groups -OCH3 is 1. The summed E-state index contributed by atoms with van der Waals surface area (Å²) < 4.78 is 5.89. The molecule has 116 valence electrons. The smallest absolute Gasteiger partial charge is 0.323 e. The van der Waals surface area contributed by atoms with E-state index in [1.807, 2.05) is 24.3 Å². The van der Waals surface area contributed by atoms with E-state index in [0.29, 0.717) is 6.61 Å². The number of thioether (sulfide) groups is 1. The molecule has 0 saturated heterocycles. The van der Waals surface area contributed by atoms with E-state index in [1.165, 1.54) is 23.8 Å². The van der Waals surface area contributed by atoms with Crippen LogP contribution in [0.15, 0.2) is 33.6 Å². The Morgan fingerprint density at radius 2 is 2.00 bits per heavy atom. The molecule has 0 spiro atoms. The standard InChI is InChI=1S/C14H18BrNO4S/c1-10(21-12-5-3-11(15)4-6-12)14(19)16(7-8-20-2)9-13(17)18/h3-6,10H,7-9H2,1-2H3,(H,17,18). The second kappa shape index (κ2) is 9.07. The first-order valence-electron chi connectivity index (χ1n) is 6.35. The highest BCUT2D eigenvalue weighted by Crippen LogP contribution is 2.25. The number of hydrogen-bond acceptors (Lipinski definition) is 4. The van der Waals surface area contributed by atoms with Gasteiger partial charge in [0.2, 0.25) is 5.91 Å². The van der Waals surface area contributed by atoms with E-state index >= 15 is 0 Å². The fraction of sp³-hybridized carbons (Fsp3) is 0.429. The molecule has 0 saturated carbocycles. The van der Waals surface area contributed by atoms with Gasteiger partial charge >= 0.3 is 5.97 Å². The highest BCUT2D eigenvalue weighted by atomic mass is 79.9. The maximum absolute atomic E-state index is 12.3. The van der Waals surface area contributed by atoms with Gasteiger partial charge in [-0.15, -0.1) is 11.8 Å². The summed E-state index contributed by atoms with van der Waals surface area (Å²) in [7, 11) is 1.52. The molecular formula is C14H18BrNO4S. The third-order valence-electron chi connectivity index (χ3n) is 2.68. The lowest BCUT2D eigenvalue weighted by Crippen LogP contribution is -2.41. The molecule has 0 aromatic heterocycles. The average molecular weight is 376 g/mol. The predicted octanol–water partition coefficient (Wildman–Crippen LogP) is 2.49. The Morgan fingerprint density at radius 3 is 2.52 bits per heavy atom. The van der Waals surface area contributed by atoms with Crippen LogP contribution in [-0.4, -0.2) is 53.9 Å². The van der Waals surface area contributed by atoms with Gasteiger partial charge in [0.25, 0.3) is 0 Å². The van der Waals surface area contributed by atoms with Crippen LogP contribution in [-0.2, 0) is 14.3 Å². The van der Waals surface area contributed by atoms with E-state index in [4.69, 9.17) is 9.84 Å². The second-order valence-electron chi connectivity index (χ2n) is 4.36. The van der Waals surface area contributed by atoms with E-state index < -0.39 is 5.97 Å². The molecular weight excluding hydrogens is 358 g/mol. The average Bonchev–Trinajstić information content (AvgIpc) is 2.44. The molecule has 0 fully saturated rings. The van der Waals surface area contributed by atoms with Crippen molar-refractivity contribution in [1.82, 2.24) is 4.90 Å². The molecule has 1 N–H and O–H groups in total. The van der Waals surface area contributed by atoms with Gasteiger partial charge in [-0.05, 0) is 31.2 Å². The molecule has 1 unspecified atom stereocenters. The van der Waals surface area contributed by atoms with Gasteiger partial charge in [-0.1, -0.05) is 15.9 Å². The van der Waals surface area contributed by atoms with Crippen molar-refractivity contribution in [2.24, 2.45) is 0 Å². The van der Waals surface area contributed by atoms with Crippen LogP contribution < -0.4 is 0 Å². The number of carbonyl (C=O) groups is 2. The Labute approximate surface area is 136 Å². The number of aliphatic carboxylic acids is 1. The van der Waals surface area contributed by atoms with Crippen LogP contribution in [0.2, 0.25) is 0 Å². The van der Waals surface area contributed by atoms with Gasteiger partial charge in [-0.25, -0.2) is 0 Å². The number of benzene rings is 1. The third-order valence-corrected chi connectivity index (χ3v) is 4.31. The summed E-state index contributed by atoms with van der Waals surface area (Å²) in [6.45, 7) is 2.05. The molecule has 0 heterocycles. The number of nitrogens with zero attached hydrogens (tertiary/aromatic N) is 1. The van der Waals surface area contributed by atoms with Gasteiger partial charge in [0, 0.05) is 23.0 Å². The van der Waals surface area contributed by atoms with Crippen LogP contribution in [0.4, 0.5) is 0 Å². The quantitative estimate of drug-likeness (QED) is 0.707. The number of carbonyl (C=O) groups excluding carboxylic acids is 1. The summed E-state index contributed by atoms with van der Waals surface area (Å²) in [5.74, 6) is -1.23. The predicted molar refractivity (Wildman–Crippen MR) is 85.6 cm³/mol. The normalized spacial score (nSPS) is 12.0. The number of amides is 1. The van der Waals surface area contributed by atoms with Crippen LogP contribution in [0, 0.1) is 0 Å². The van der Waals surface area contributed by atoms with Crippen molar-refractivity contribution in [1.29, 1.82) is 0 Å². The lowest BCUT2D eigenvalue weighted by atomic mass is 10.3. The van der Waals surface area contributed by atoms with Crippen molar-refractivity contribution in [3.63, 3.8) is 0 Å². The number of ether oxygens (including phenoxy) is 1. The van der Waals surface area contributed by atoms with Gasteiger partial charge in [0.05, 0.1) is 11.9 Å². The largest absolute Gasteiger partial charge is 0.480 e. The summed E-state index contributed by atoms with van der Waals surface area (Å²) in [6, 6.07) is 7.63. The van der Waals surface area contributed by atoms with Crippen molar-refractivity contribution >= 4 is 39.6 Å². The molecule has 0 aliphatic rings. The molecule has 1 aromatic rings. The van der Waals surface area contributed by atoms with Gasteiger partial charge in [0.1, 0.15) is 6.54 Å². The monoisotopic (exact) mass is 375 g/mol. The van der Waals surface area contributed by atoms with Gasteiger partial charge < -0.3 is 14.7 Å². The fourth-order valence-electron chi connectivity index (χ4n) is 1.66. The second-order valence-corrected chi connectivity index (χ2v) is 6.69. The maximum atomic E-state index is 12.3. The maximum Gasteiger partial charge on any atom is 0.323 e. The zero-order chi connectivity index (χ0) is 15.8. The molecule has 7 heteroatoms. The number of hydrogen-bond donors (Lipinski definition) is 1. The van der Waals surface area contributed by atoms with E-state index in [9.17, 15) is 9.59 Å². The van der Waals surface area contributed by atoms with Crippen LogP contribution in [0.5, 0.6) is 0 Å². The molecule has 0 aliphatic heterocycles. The SMILES string of the molecule is COCCN(CC(=O)O)C(=O)C(C)Sc1ccc(Br)cc1. The number of rotatable bonds is 8. The minimum absolute atomic E-state index is 0.206. The Bertz CT molecular complexity index is 480. The highest BCUT2D eigenvalue weighted by Gasteiger charge is 2.23. The van der Waals surface area contributed by atoms with E-state index in [0.717, 1.165) is 9.37 Å². The summed E-state index contributed by atoms with van der Waals surface area (Å²) in [6.07, 6.45) is 0. The van der Waals surface area contributed by atoms with Crippen molar-refractivity contribution < 1.29 is 19.4 Å². The van der Waals surface area contributed by atoms with Gasteiger partial charge in [-0.3, -0.25) is 9.59 Å². The Morgan fingerprint density at radius 1 is 1.38 bits per heavy atom. The van der Waals surface area contributed by atoms with Crippen molar-refractivity contribution in [2.45, 2.75) is 17.1 Å². The summed E-state index contributed by atoms with van der Waals surface area (Å²) >= 11 is 4.76. The van der Waals surface area contributed by atoms with Crippen LogP contribution in [0.25, 0.3) is 0 Å². The molecule has 1 aromatic carbocycles. The Balaban J connectivity index is 2.67. The lowest BCUT2D eigenvalue weighted by Gasteiger charge is -2.23. The zero-order valence-corrected chi connectivity index (χ0v) is 14.3. The van der Waals surface area contributed by atoms with Gasteiger partial charge in [0.15, 0.2) is 0 Å². The number of carboxylic acid groups (broad SMARTS) is 1. The van der Waals surface area contributed by atoms with Crippen molar-refractivity contribution in [3.05, 3.63) is 28.7 Å². The van der Waals surface area contributed by atoms with Crippen molar-refractivity contribution in [3.8, 4) is 0 Å². The molecule has 0 aliphatic carbocycles. The zero-order valence-electron chi connectivity index (χ0n) is 11.9. The van der Waals surface area contributed by atoms with Crippen LogP contribution in [0.3, 0.4) is 0 Å². The molecule has 1 atom stereocenters. The topological polar surface area (TPSA) is 66.8 Å². The molecule has 1 rings (SSSR count). The number of carboxylic acids is 1. The van der Waals surface area contributed by atoms with Crippen LogP contribution in [0.1, 0.15) is 6.92 Å². The lowest BCUT2D eigenvalue weighted by molar-refractivity contribution is -0.144. The molecule has 5 nitrogen and oxygen atoms in total. The molecule has 0 bridgehead atoms. The summed E-state index contributed by atoms with van der Waals surface area (Å²) in [5, 5.41) is 8.53. The van der Waals surface area contributed by atoms with E-state index in [1.54, 1.807) is 6.92 Å². The summed E-state index contributed by atoms with van der Waals surface area (Å²) in [4.78, 5) is 25.4. The first-order chi connectivity index (χ1) is 9.93. The van der Waals surface area contributed by atoms with E-state index in [-0.39, 0.29) is 24.2 Å². The van der Waals surface area contributed by atoms with Gasteiger partial charge in [-0.2, -0.15) is 0 Å². The Hall–Kier alpha value is -1.05. The first-order valence-corrected chi connectivity index (χ1v) is 8.03. The molecule has 1 amide bonds. The summed E-state index contributed by atoms with van der Waals surface area (Å²) in [5.41, 5.74) is 0. The minimum atomic E-state index is -1.03. The molecule has 21 heavy (non-hydrogen) atoms. The van der Waals surface area contributed by atoms with E-state index in [2.05, 4.69) is 15.9 Å². The number of halogens is 1. The first kappa shape index (κ1) is 18.0. The van der Waals surface area contributed by atoms with Crippen molar-refractivity contribution in [2.75, 3.05) is 26.8 Å². The Kier molecular flexibility index (Phi) is 7.77.